The van der Waals surface area contributed by atoms with Gasteiger partial charge in [0, 0.05) is 15.7 Å². The van der Waals surface area contributed by atoms with Crippen molar-refractivity contribution in [3.63, 3.8) is 0 Å². The lowest BCUT2D eigenvalue weighted by molar-refractivity contribution is 0.171. The number of anilines is 1. The second-order valence-corrected chi connectivity index (χ2v) is 7.05. The van der Waals surface area contributed by atoms with E-state index >= 15 is 0 Å². The molecule has 0 aromatic heterocycles. The summed E-state index contributed by atoms with van der Waals surface area (Å²) in [5.41, 5.74) is 1.19. The zero-order valence-corrected chi connectivity index (χ0v) is 14.8. The molecule has 0 spiro atoms. The van der Waals surface area contributed by atoms with Crippen molar-refractivity contribution in [3.05, 3.63) is 52.0 Å². The van der Waals surface area contributed by atoms with Gasteiger partial charge in [-0.1, -0.05) is 29.3 Å². The van der Waals surface area contributed by atoms with Gasteiger partial charge in [-0.3, -0.25) is 0 Å². The monoisotopic (exact) mass is 378 g/mol. The number of carbonyl (C=O) groups is 1. The zero-order valence-electron chi connectivity index (χ0n) is 13.3. The van der Waals surface area contributed by atoms with Crippen molar-refractivity contribution in [2.45, 2.75) is 18.4 Å². The maximum absolute atomic E-state index is 12.4. The first-order valence-electron chi connectivity index (χ1n) is 7.99. The summed E-state index contributed by atoms with van der Waals surface area (Å²) in [5, 5.41) is 6.76. The molecule has 25 heavy (non-hydrogen) atoms. The molecule has 2 aliphatic rings. The molecule has 1 aliphatic heterocycles. The van der Waals surface area contributed by atoms with Crippen LogP contribution in [-0.2, 0) is 5.54 Å². The van der Waals surface area contributed by atoms with E-state index in [-0.39, 0.29) is 11.6 Å². The summed E-state index contributed by atoms with van der Waals surface area (Å²) in [7, 11) is 0. The van der Waals surface area contributed by atoms with Crippen LogP contribution < -0.4 is 20.1 Å². The number of ether oxygens (including phenoxy) is 2. The minimum Gasteiger partial charge on any atom is -0.486 e. The number of hydrogen-bond donors (Lipinski definition) is 2. The molecule has 2 N–H and O–H groups in total. The van der Waals surface area contributed by atoms with E-state index in [9.17, 15) is 4.79 Å². The molecule has 0 bridgehead atoms. The Hall–Kier alpha value is -2.11. The Morgan fingerprint density at radius 3 is 2.32 bits per heavy atom. The molecule has 1 heterocycles. The quantitative estimate of drug-likeness (QED) is 0.821. The maximum atomic E-state index is 12.4. The average Bonchev–Trinajstić information content (AvgIpc) is 3.34. The van der Waals surface area contributed by atoms with Gasteiger partial charge in [0.1, 0.15) is 13.2 Å². The van der Waals surface area contributed by atoms with Crippen molar-refractivity contribution < 1.29 is 14.3 Å². The second kappa shape index (κ2) is 6.32. The Labute approximate surface area is 155 Å². The predicted molar refractivity (Wildman–Crippen MR) is 97.0 cm³/mol. The highest BCUT2D eigenvalue weighted by molar-refractivity contribution is 6.35. The van der Waals surface area contributed by atoms with Crippen LogP contribution in [0.25, 0.3) is 0 Å². The summed E-state index contributed by atoms with van der Waals surface area (Å²) in [6, 6.07) is 10.4. The third kappa shape index (κ3) is 3.48. The van der Waals surface area contributed by atoms with Crippen LogP contribution in [0.5, 0.6) is 11.5 Å². The number of urea groups is 1. The molecule has 0 radical (unpaired) electrons. The van der Waals surface area contributed by atoms with Gasteiger partial charge in [0.15, 0.2) is 11.5 Å². The van der Waals surface area contributed by atoms with Crippen LogP contribution in [0.4, 0.5) is 10.5 Å². The van der Waals surface area contributed by atoms with E-state index in [0.717, 1.165) is 29.9 Å². The van der Waals surface area contributed by atoms with Crippen LogP contribution in [0.2, 0.25) is 10.0 Å². The van der Waals surface area contributed by atoms with E-state index < -0.39 is 0 Å². The minimum atomic E-state index is -0.373. The number of hydrogen-bond acceptors (Lipinski definition) is 3. The smallest absolute Gasteiger partial charge is 0.319 e. The van der Waals surface area contributed by atoms with Crippen molar-refractivity contribution in [2.24, 2.45) is 0 Å². The van der Waals surface area contributed by atoms with E-state index in [2.05, 4.69) is 10.6 Å². The van der Waals surface area contributed by atoms with Gasteiger partial charge < -0.3 is 20.1 Å². The topological polar surface area (TPSA) is 59.6 Å². The first-order valence-corrected chi connectivity index (χ1v) is 8.75. The first-order chi connectivity index (χ1) is 12.0. The molecule has 2 aromatic carbocycles. The Morgan fingerprint density at radius 1 is 0.960 bits per heavy atom. The lowest BCUT2D eigenvalue weighted by atomic mass is 10.0. The van der Waals surface area contributed by atoms with Crippen molar-refractivity contribution in [2.75, 3.05) is 18.5 Å². The third-order valence-corrected chi connectivity index (χ3v) is 4.75. The van der Waals surface area contributed by atoms with Gasteiger partial charge >= 0.3 is 6.03 Å². The highest BCUT2D eigenvalue weighted by Crippen LogP contribution is 2.47. The van der Waals surface area contributed by atoms with Crippen molar-refractivity contribution in [1.82, 2.24) is 5.32 Å². The van der Waals surface area contributed by atoms with Gasteiger partial charge in [-0.15, -0.1) is 0 Å². The van der Waals surface area contributed by atoms with Crippen molar-refractivity contribution >= 4 is 34.9 Å². The van der Waals surface area contributed by atoms with Crippen LogP contribution in [0, 0.1) is 0 Å². The Bertz CT molecular complexity index is 817. The molecule has 1 fully saturated rings. The molecule has 0 unspecified atom stereocenters. The number of fused-ring (bicyclic) bond motifs is 1. The standard InChI is InChI=1S/C18H16Cl2N2O3/c19-12-8-13(20)10-14(9-12)21-17(23)22-18(3-4-18)11-1-2-15-16(7-11)25-6-5-24-15/h1-2,7-10H,3-6H2,(H2,21,22,23). The number of nitrogens with one attached hydrogen (secondary N) is 2. The van der Waals surface area contributed by atoms with Crippen LogP contribution >= 0.6 is 23.2 Å². The molecule has 2 amide bonds. The van der Waals surface area contributed by atoms with Gasteiger partial charge in [-0.25, -0.2) is 4.79 Å². The van der Waals surface area contributed by atoms with Gasteiger partial charge in [0.05, 0.1) is 5.54 Å². The molecule has 7 heteroatoms. The second-order valence-electron chi connectivity index (χ2n) is 6.18. The first kappa shape index (κ1) is 16.4. The number of halogens is 2. The fourth-order valence-corrected chi connectivity index (χ4v) is 3.48. The Kier molecular flexibility index (Phi) is 4.13. The van der Waals surface area contributed by atoms with Gasteiger partial charge in [0.2, 0.25) is 0 Å². The zero-order chi connectivity index (χ0) is 17.4. The van der Waals surface area contributed by atoms with Gasteiger partial charge in [-0.2, -0.15) is 0 Å². The fraction of sp³-hybridized carbons (Fsp3) is 0.278. The van der Waals surface area contributed by atoms with Crippen LogP contribution in [0.1, 0.15) is 18.4 Å². The van der Waals surface area contributed by atoms with Crippen LogP contribution in [-0.4, -0.2) is 19.2 Å². The summed E-state index contributed by atoms with van der Waals surface area (Å²) in [6.45, 7) is 1.09. The number of carbonyl (C=O) groups excluding carboxylic acids is 1. The molecular formula is C18H16Cl2N2O3. The molecule has 2 aromatic rings. The lowest BCUT2D eigenvalue weighted by Gasteiger charge is -2.23. The number of amides is 2. The summed E-state index contributed by atoms with van der Waals surface area (Å²) >= 11 is 11.9. The van der Waals surface area contributed by atoms with Gasteiger partial charge in [-0.05, 0) is 48.7 Å². The van der Waals surface area contributed by atoms with E-state index in [1.807, 2.05) is 18.2 Å². The third-order valence-electron chi connectivity index (χ3n) is 4.32. The van der Waals surface area contributed by atoms with E-state index in [0.29, 0.717) is 28.9 Å². The van der Waals surface area contributed by atoms with Gasteiger partial charge in [0.25, 0.3) is 0 Å². The summed E-state index contributed by atoms with van der Waals surface area (Å²) in [4.78, 5) is 12.4. The summed E-state index contributed by atoms with van der Waals surface area (Å²) in [5.74, 6) is 1.46. The fourth-order valence-electron chi connectivity index (χ4n) is 2.96. The van der Waals surface area contributed by atoms with E-state index in [1.54, 1.807) is 18.2 Å². The molecule has 1 aliphatic carbocycles. The molecule has 1 saturated carbocycles. The predicted octanol–water partition coefficient (Wildman–Crippen LogP) is 4.58. The highest BCUT2D eigenvalue weighted by Gasteiger charge is 2.46. The lowest BCUT2D eigenvalue weighted by Crippen LogP contribution is -2.38. The molecule has 130 valence electrons. The molecule has 5 nitrogen and oxygen atoms in total. The summed E-state index contributed by atoms with van der Waals surface area (Å²) in [6.07, 6.45) is 1.74. The maximum Gasteiger partial charge on any atom is 0.319 e. The number of rotatable bonds is 3. The van der Waals surface area contributed by atoms with E-state index in [1.165, 1.54) is 0 Å². The average molecular weight is 379 g/mol. The number of benzene rings is 2. The summed E-state index contributed by atoms with van der Waals surface area (Å²) < 4.78 is 11.2. The highest BCUT2D eigenvalue weighted by atomic mass is 35.5. The van der Waals surface area contributed by atoms with Crippen molar-refractivity contribution in [3.8, 4) is 11.5 Å². The molecule has 0 atom stereocenters. The Balaban J connectivity index is 1.49. The van der Waals surface area contributed by atoms with E-state index in [4.69, 9.17) is 32.7 Å². The SMILES string of the molecule is O=C(Nc1cc(Cl)cc(Cl)c1)NC1(c2ccc3c(c2)OCCO3)CC1. The molecule has 4 rings (SSSR count). The normalized spacial score (nSPS) is 16.9. The van der Waals surface area contributed by atoms with Crippen LogP contribution in [0.15, 0.2) is 36.4 Å². The molecule has 0 saturated heterocycles. The molecular weight excluding hydrogens is 363 g/mol. The van der Waals surface area contributed by atoms with Crippen molar-refractivity contribution in [1.29, 1.82) is 0 Å². The Morgan fingerprint density at radius 2 is 1.64 bits per heavy atom. The van der Waals surface area contributed by atoms with Crippen LogP contribution in [0.3, 0.4) is 0 Å². The minimum absolute atomic E-state index is 0.300. The largest absolute Gasteiger partial charge is 0.486 e.